The van der Waals surface area contributed by atoms with Gasteiger partial charge < -0.3 is 10.2 Å². The third-order valence-corrected chi connectivity index (χ3v) is 4.21. The largest absolute Gasteiger partial charge is 0.325 e. The Balaban J connectivity index is 2.23. The van der Waals surface area contributed by atoms with E-state index in [0.717, 1.165) is 23.2 Å². The van der Waals surface area contributed by atoms with Crippen molar-refractivity contribution in [2.24, 2.45) is 0 Å². The first-order valence-corrected chi connectivity index (χ1v) is 8.61. The highest BCUT2D eigenvalue weighted by atomic mass is 16.2. The van der Waals surface area contributed by atoms with Gasteiger partial charge in [0.1, 0.15) is 6.54 Å². The minimum atomic E-state index is -0.314. The predicted molar refractivity (Wildman–Crippen MR) is 104 cm³/mol. The molecular weight excluding hydrogens is 328 g/mol. The van der Waals surface area contributed by atoms with Crippen molar-refractivity contribution in [1.82, 2.24) is 0 Å². The Labute approximate surface area is 154 Å². The highest BCUT2D eigenvalue weighted by Crippen LogP contribution is 2.26. The van der Waals surface area contributed by atoms with Crippen LogP contribution in [0, 0.1) is 6.92 Å². The van der Waals surface area contributed by atoms with Gasteiger partial charge in [-0.2, -0.15) is 0 Å². The monoisotopic (exact) mass is 352 g/mol. The van der Waals surface area contributed by atoms with Crippen LogP contribution in [0.2, 0.25) is 0 Å². The van der Waals surface area contributed by atoms with E-state index in [0.29, 0.717) is 11.3 Å². The second-order valence-electron chi connectivity index (χ2n) is 6.23. The Bertz CT molecular complexity index is 843. The molecule has 2 aromatic carbocycles. The molecule has 0 atom stereocenters. The smallest absolute Gasteiger partial charge is 0.244 e. The number of carbonyl (C=O) groups excluding carboxylic acids is 3. The molecule has 2 aromatic rings. The molecule has 0 aliphatic carbocycles. The van der Waals surface area contributed by atoms with Gasteiger partial charge in [0.05, 0.1) is 5.69 Å². The van der Waals surface area contributed by atoms with Crippen molar-refractivity contribution < 1.29 is 14.4 Å². The predicted octanol–water partition coefficient (Wildman–Crippen LogP) is 3.75. The van der Waals surface area contributed by atoms with E-state index in [1.54, 1.807) is 24.3 Å². The maximum Gasteiger partial charge on any atom is 0.244 e. The standard InChI is InChI=1S/C21H24N2O3/c1-5-17-9-6-8-14(2)21(17)23(16(4)25)13-20(26)22-19-11-7-10-18(12-19)15(3)24/h6-12H,5,13H2,1-4H3,(H,22,26). The minimum Gasteiger partial charge on any atom is -0.325 e. The van der Waals surface area contributed by atoms with Crippen LogP contribution in [-0.4, -0.2) is 24.1 Å². The van der Waals surface area contributed by atoms with Crippen molar-refractivity contribution >= 4 is 29.0 Å². The molecule has 2 amide bonds. The van der Waals surface area contributed by atoms with Crippen LogP contribution >= 0.6 is 0 Å². The van der Waals surface area contributed by atoms with Gasteiger partial charge in [-0.25, -0.2) is 0 Å². The number of hydrogen-bond acceptors (Lipinski definition) is 3. The number of carbonyl (C=O) groups is 3. The zero-order chi connectivity index (χ0) is 19.3. The molecular formula is C21H24N2O3. The van der Waals surface area contributed by atoms with E-state index in [-0.39, 0.29) is 24.1 Å². The first-order chi connectivity index (χ1) is 12.3. The summed E-state index contributed by atoms with van der Waals surface area (Å²) in [6.07, 6.45) is 0.767. The average Bonchev–Trinajstić information content (AvgIpc) is 2.59. The quantitative estimate of drug-likeness (QED) is 0.805. The number of nitrogens with one attached hydrogen (secondary N) is 1. The summed E-state index contributed by atoms with van der Waals surface area (Å²) in [5, 5.41) is 2.76. The number of aryl methyl sites for hydroxylation is 2. The van der Waals surface area contributed by atoms with E-state index in [9.17, 15) is 14.4 Å². The molecule has 26 heavy (non-hydrogen) atoms. The summed E-state index contributed by atoms with van der Waals surface area (Å²) in [7, 11) is 0. The molecule has 0 bridgehead atoms. The molecule has 0 saturated carbocycles. The second kappa shape index (κ2) is 8.43. The molecule has 0 aromatic heterocycles. The Morgan fingerprint density at radius 3 is 2.35 bits per heavy atom. The number of nitrogens with zero attached hydrogens (tertiary/aromatic N) is 1. The Morgan fingerprint density at radius 2 is 1.73 bits per heavy atom. The van der Waals surface area contributed by atoms with Gasteiger partial charge in [0.2, 0.25) is 11.8 Å². The van der Waals surface area contributed by atoms with E-state index in [1.807, 2.05) is 32.0 Å². The van der Waals surface area contributed by atoms with Crippen LogP contribution in [-0.2, 0) is 16.0 Å². The van der Waals surface area contributed by atoms with Gasteiger partial charge in [0.25, 0.3) is 0 Å². The van der Waals surface area contributed by atoms with E-state index in [1.165, 1.54) is 18.7 Å². The highest BCUT2D eigenvalue weighted by molar-refractivity contribution is 6.03. The van der Waals surface area contributed by atoms with Crippen LogP contribution in [0.25, 0.3) is 0 Å². The lowest BCUT2D eigenvalue weighted by Crippen LogP contribution is -2.37. The van der Waals surface area contributed by atoms with Crippen molar-refractivity contribution in [2.75, 3.05) is 16.8 Å². The lowest BCUT2D eigenvalue weighted by molar-refractivity contribution is -0.120. The average molecular weight is 352 g/mol. The second-order valence-corrected chi connectivity index (χ2v) is 6.23. The van der Waals surface area contributed by atoms with Crippen molar-refractivity contribution in [1.29, 1.82) is 0 Å². The summed E-state index contributed by atoms with van der Waals surface area (Å²) in [5.74, 6) is -0.577. The fourth-order valence-corrected chi connectivity index (χ4v) is 2.90. The van der Waals surface area contributed by atoms with Gasteiger partial charge in [-0.3, -0.25) is 14.4 Å². The SMILES string of the molecule is CCc1cccc(C)c1N(CC(=O)Nc1cccc(C(C)=O)c1)C(C)=O. The Hall–Kier alpha value is -2.95. The number of benzene rings is 2. The summed E-state index contributed by atoms with van der Waals surface area (Å²) < 4.78 is 0. The van der Waals surface area contributed by atoms with Crippen LogP contribution < -0.4 is 10.2 Å². The summed E-state index contributed by atoms with van der Waals surface area (Å²) in [5.41, 5.74) is 3.82. The minimum absolute atomic E-state index is 0.0704. The third kappa shape index (κ3) is 4.57. The number of Topliss-reactive ketones (excluding diaryl/α,β-unsaturated/α-hetero) is 1. The van der Waals surface area contributed by atoms with Crippen molar-refractivity contribution in [3.05, 3.63) is 59.2 Å². The zero-order valence-electron chi connectivity index (χ0n) is 15.6. The van der Waals surface area contributed by atoms with Crippen LogP contribution in [0.4, 0.5) is 11.4 Å². The van der Waals surface area contributed by atoms with E-state index in [4.69, 9.17) is 0 Å². The molecule has 0 saturated heterocycles. The van der Waals surface area contributed by atoms with Gasteiger partial charge >= 0.3 is 0 Å². The molecule has 0 aliphatic rings. The van der Waals surface area contributed by atoms with Gasteiger partial charge in [0, 0.05) is 18.2 Å². The fourth-order valence-electron chi connectivity index (χ4n) is 2.90. The van der Waals surface area contributed by atoms with Crippen LogP contribution in [0.5, 0.6) is 0 Å². The third-order valence-electron chi connectivity index (χ3n) is 4.21. The number of hydrogen-bond donors (Lipinski definition) is 1. The highest BCUT2D eigenvalue weighted by Gasteiger charge is 2.20. The number of rotatable bonds is 6. The number of ketones is 1. The molecule has 0 radical (unpaired) electrons. The topological polar surface area (TPSA) is 66.5 Å². The summed E-state index contributed by atoms with van der Waals surface area (Å²) in [4.78, 5) is 37.7. The van der Waals surface area contributed by atoms with Crippen molar-refractivity contribution in [3.63, 3.8) is 0 Å². The summed E-state index contributed by atoms with van der Waals surface area (Å²) >= 11 is 0. The molecule has 0 spiro atoms. The van der Waals surface area contributed by atoms with Gasteiger partial charge in [0.15, 0.2) is 5.78 Å². The molecule has 0 fully saturated rings. The lowest BCUT2D eigenvalue weighted by atomic mass is 10.0. The van der Waals surface area contributed by atoms with Gasteiger partial charge in [-0.15, -0.1) is 0 Å². The van der Waals surface area contributed by atoms with Gasteiger partial charge in [-0.1, -0.05) is 37.3 Å². The molecule has 136 valence electrons. The Morgan fingerprint density at radius 1 is 1.04 bits per heavy atom. The first kappa shape index (κ1) is 19.4. The van der Waals surface area contributed by atoms with Crippen LogP contribution in [0.1, 0.15) is 42.3 Å². The lowest BCUT2D eigenvalue weighted by Gasteiger charge is -2.25. The number of anilines is 2. The van der Waals surface area contributed by atoms with Gasteiger partial charge in [-0.05, 0) is 43.5 Å². The number of amides is 2. The van der Waals surface area contributed by atoms with Crippen LogP contribution in [0.3, 0.4) is 0 Å². The maximum absolute atomic E-state index is 12.5. The molecule has 5 heteroatoms. The Kier molecular flexibility index (Phi) is 6.28. The van der Waals surface area contributed by atoms with E-state index < -0.39 is 0 Å². The normalized spacial score (nSPS) is 10.3. The number of para-hydroxylation sites is 1. The summed E-state index contributed by atoms with van der Waals surface area (Å²) in [6.45, 7) is 6.79. The van der Waals surface area contributed by atoms with Crippen LogP contribution in [0.15, 0.2) is 42.5 Å². The summed E-state index contributed by atoms with van der Waals surface area (Å²) in [6, 6.07) is 12.6. The maximum atomic E-state index is 12.5. The molecule has 2 rings (SSSR count). The van der Waals surface area contributed by atoms with E-state index in [2.05, 4.69) is 5.32 Å². The zero-order valence-corrected chi connectivity index (χ0v) is 15.6. The first-order valence-electron chi connectivity index (χ1n) is 8.61. The molecule has 1 N–H and O–H groups in total. The molecule has 0 unspecified atom stereocenters. The van der Waals surface area contributed by atoms with Crippen molar-refractivity contribution in [2.45, 2.75) is 34.1 Å². The fraction of sp³-hybridized carbons (Fsp3) is 0.286. The molecule has 5 nitrogen and oxygen atoms in total. The van der Waals surface area contributed by atoms with Crippen molar-refractivity contribution in [3.8, 4) is 0 Å². The van der Waals surface area contributed by atoms with E-state index >= 15 is 0 Å². The molecule has 0 aliphatic heterocycles. The molecule has 0 heterocycles.